The molecule has 0 fully saturated rings. The van der Waals surface area contributed by atoms with Crippen molar-refractivity contribution in [3.63, 3.8) is 0 Å². The molecular formula is C27H17N5O2S2. The molecule has 0 saturated carbocycles. The highest BCUT2D eigenvalue weighted by molar-refractivity contribution is 7.15. The first kappa shape index (κ1) is 21.0. The lowest BCUT2D eigenvalue weighted by molar-refractivity contribution is 0.622. The smallest absolute Gasteiger partial charge is 0.291 e. The Hall–Kier alpha value is -4.34. The number of fused-ring (bicyclic) bond motifs is 2. The first-order valence-electron chi connectivity index (χ1n) is 11.2. The van der Waals surface area contributed by atoms with Gasteiger partial charge in [-0.25, -0.2) is 4.68 Å². The zero-order valence-corrected chi connectivity index (χ0v) is 20.6. The molecule has 5 aromatic heterocycles. The summed E-state index contributed by atoms with van der Waals surface area (Å²) >= 11 is 2.92. The topological polar surface area (TPSA) is 78.2 Å². The summed E-state index contributed by atoms with van der Waals surface area (Å²) < 4.78 is 9.73. The summed E-state index contributed by atoms with van der Waals surface area (Å²) in [7, 11) is 0. The van der Waals surface area contributed by atoms with Crippen LogP contribution in [0.4, 0.5) is 0 Å². The second kappa shape index (κ2) is 8.11. The van der Waals surface area contributed by atoms with E-state index in [1.165, 1.54) is 15.9 Å². The van der Waals surface area contributed by atoms with E-state index in [0.29, 0.717) is 21.1 Å². The van der Waals surface area contributed by atoms with Gasteiger partial charge in [0.15, 0.2) is 5.76 Å². The van der Waals surface area contributed by atoms with Crippen molar-refractivity contribution in [2.75, 3.05) is 0 Å². The van der Waals surface area contributed by atoms with Crippen molar-refractivity contribution in [2.45, 2.75) is 6.92 Å². The summed E-state index contributed by atoms with van der Waals surface area (Å²) in [5, 5.41) is 12.4. The molecule has 0 spiro atoms. The Morgan fingerprint density at radius 3 is 2.58 bits per heavy atom. The van der Waals surface area contributed by atoms with Gasteiger partial charge in [0.1, 0.15) is 11.3 Å². The largest absolute Gasteiger partial charge is 0.452 e. The minimum absolute atomic E-state index is 0.216. The number of aromatic nitrogens is 5. The average Bonchev–Trinajstić information content (AvgIpc) is 3.72. The third kappa shape index (κ3) is 3.32. The lowest BCUT2D eigenvalue weighted by Crippen LogP contribution is -2.23. The van der Waals surface area contributed by atoms with Crippen LogP contribution in [0.3, 0.4) is 0 Å². The molecule has 0 aliphatic carbocycles. The summed E-state index contributed by atoms with van der Waals surface area (Å²) in [6.07, 6.45) is 3.82. The van der Waals surface area contributed by atoms with Crippen LogP contribution >= 0.6 is 22.7 Å². The van der Waals surface area contributed by atoms with Crippen LogP contribution in [-0.2, 0) is 0 Å². The second-order valence-corrected chi connectivity index (χ2v) is 10.2. The Kier molecular flexibility index (Phi) is 4.73. The maximum atomic E-state index is 13.3. The first-order chi connectivity index (χ1) is 17.7. The summed E-state index contributed by atoms with van der Waals surface area (Å²) in [5.41, 5.74) is 4.15. The molecule has 0 bridgehead atoms. The molecule has 0 saturated heterocycles. The first-order valence-corrected chi connectivity index (χ1v) is 12.9. The molecule has 2 aromatic carbocycles. The lowest BCUT2D eigenvalue weighted by Gasteiger charge is -1.99. The number of hydrogen-bond donors (Lipinski definition) is 0. The number of furan rings is 1. The van der Waals surface area contributed by atoms with E-state index in [1.54, 1.807) is 11.3 Å². The van der Waals surface area contributed by atoms with Gasteiger partial charge in [0.2, 0.25) is 10.8 Å². The van der Waals surface area contributed by atoms with Crippen LogP contribution in [0.25, 0.3) is 49.8 Å². The van der Waals surface area contributed by atoms with Crippen molar-refractivity contribution in [3.8, 4) is 27.8 Å². The molecule has 9 heteroatoms. The van der Waals surface area contributed by atoms with E-state index in [0.717, 1.165) is 38.4 Å². The van der Waals surface area contributed by atoms with Gasteiger partial charge in [-0.15, -0.1) is 16.4 Å². The highest BCUT2D eigenvalue weighted by atomic mass is 32.1. The monoisotopic (exact) mass is 507 g/mol. The highest BCUT2D eigenvalue weighted by Crippen LogP contribution is 2.31. The van der Waals surface area contributed by atoms with Gasteiger partial charge in [-0.05, 0) is 42.6 Å². The quantitative estimate of drug-likeness (QED) is 0.322. The van der Waals surface area contributed by atoms with Crippen molar-refractivity contribution in [2.24, 2.45) is 0 Å². The lowest BCUT2D eigenvalue weighted by atomic mass is 10.1. The average molecular weight is 508 g/mol. The Bertz CT molecular complexity index is 1980. The van der Waals surface area contributed by atoms with Crippen molar-refractivity contribution < 1.29 is 4.42 Å². The second-order valence-electron chi connectivity index (χ2n) is 8.29. The molecule has 0 amide bonds. The van der Waals surface area contributed by atoms with Gasteiger partial charge in [0, 0.05) is 22.7 Å². The molecule has 7 rings (SSSR count). The SMILES string of the molecule is Cc1c(-c2nc3sc(=Cc4cn(-c5ccccc5)nc4-c4cccs4)c(=O)n3n2)oc2ccccc12. The molecule has 7 aromatic rings. The van der Waals surface area contributed by atoms with Gasteiger partial charge in [0.05, 0.1) is 15.1 Å². The molecule has 0 aliphatic heterocycles. The summed E-state index contributed by atoms with van der Waals surface area (Å²) in [6, 6.07) is 21.8. The van der Waals surface area contributed by atoms with Crippen LogP contribution in [0, 0.1) is 6.92 Å². The molecule has 0 N–H and O–H groups in total. The molecule has 36 heavy (non-hydrogen) atoms. The van der Waals surface area contributed by atoms with Gasteiger partial charge in [0.25, 0.3) is 5.56 Å². The van der Waals surface area contributed by atoms with E-state index >= 15 is 0 Å². The zero-order chi connectivity index (χ0) is 24.2. The fourth-order valence-corrected chi connectivity index (χ4v) is 5.90. The minimum Gasteiger partial charge on any atom is -0.452 e. The van der Waals surface area contributed by atoms with E-state index in [-0.39, 0.29) is 5.56 Å². The van der Waals surface area contributed by atoms with E-state index in [2.05, 4.69) is 10.1 Å². The van der Waals surface area contributed by atoms with Crippen molar-refractivity contribution >= 4 is 44.7 Å². The molecule has 0 unspecified atom stereocenters. The molecule has 7 nitrogen and oxygen atoms in total. The number of thiazole rings is 1. The fraction of sp³-hybridized carbons (Fsp3) is 0.0370. The van der Waals surface area contributed by atoms with E-state index < -0.39 is 0 Å². The number of benzene rings is 2. The van der Waals surface area contributed by atoms with Gasteiger partial charge in [-0.3, -0.25) is 4.79 Å². The van der Waals surface area contributed by atoms with Gasteiger partial charge < -0.3 is 4.42 Å². The maximum absolute atomic E-state index is 13.3. The minimum atomic E-state index is -0.216. The van der Waals surface area contributed by atoms with Crippen LogP contribution in [0.5, 0.6) is 0 Å². The van der Waals surface area contributed by atoms with Gasteiger partial charge >= 0.3 is 0 Å². The summed E-state index contributed by atoms with van der Waals surface area (Å²) in [4.78, 5) is 19.5. The summed E-state index contributed by atoms with van der Waals surface area (Å²) in [5.74, 6) is 0.996. The number of hydrogen-bond acceptors (Lipinski definition) is 7. The maximum Gasteiger partial charge on any atom is 0.291 e. The number of thiophene rings is 1. The number of nitrogens with zero attached hydrogens (tertiary/aromatic N) is 5. The third-order valence-corrected chi connectivity index (χ3v) is 7.87. The Balaban J connectivity index is 1.36. The predicted molar refractivity (Wildman–Crippen MR) is 143 cm³/mol. The van der Waals surface area contributed by atoms with E-state index in [1.807, 2.05) is 96.0 Å². The molecule has 0 radical (unpaired) electrons. The van der Waals surface area contributed by atoms with Crippen LogP contribution < -0.4 is 10.1 Å². The number of para-hydroxylation sites is 2. The normalized spacial score (nSPS) is 12.3. The van der Waals surface area contributed by atoms with Crippen LogP contribution in [0.2, 0.25) is 0 Å². The van der Waals surface area contributed by atoms with E-state index in [4.69, 9.17) is 9.52 Å². The van der Waals surface area contributed by atoms with Crippen LogP contribution in [0.15, 0.2) is 87.5 Å². The van der Waals surface area contributed by atoms with Crippen molar-refractivity contribution in [3.05, 3.63) is 104 Å². The van der Waals surface area contributed by atoms with Gasteiger partial charge in [-0.1, -0.05) is 53.8 Å². The van der Waals surface area contributed by atoms with E-state index in [9.17, 15) is 4.79 Å². The fourth-order valence-electron chi connectivity index (χ4n) is 4.27. The molecule has 0 aliphatic rings. The Labute approximate surface area is 212 Å². The highest BCUT2D eigenvalue weighted by Gasteiger charge is 2.19. The standard InChI is InChI=1S/C27H17N5O2S2/c1-16-19-10-5-6-11-20(19)34-24(16)25-28-27-32(30-25)26(33)22(36-27)14-17-15-31(18-8-3-2-4-9-18)29-23(17)21-12-7-13-35-21/h2-15H,1H3. The third-order valence-electron chi connectivity index (χ3n) is 6.03. The molecule has 174 valence electrons. The van der Waals surface area contributed by atoms with Crippen molar-refractivity contribution in [1.82, 2.24) is 24.4 Å². The van der Waals surface area contributed by atoms with Gasteiger partial charge in [-0.2, -0.15) is 14.6 Å². The molecular weight excluding hydrogens is 490 g/mol. The van der Waals surface area contributed by atoms with Crippen LogP contribution in [0.1, 0.15) is 11.1 Å². The summed E-state index contributed by atoms with van der Waals surface area (Å²) in [6.45, 7) is 1.98. The Morgan fingerprint density at radius 2 is 1.81 bits per heavy atom. The zero-order valence-electron chi connectivity index (χ0n) is 19.0. The number of aryl methyl sites for hydroxylation is 1. The van der Waals surface area contributed by atoms with Crippen molar-refractivity contribution in [1.29, 1.82) is 0 Å². The predicted octanol–water partition coefficient (Wildman–Crippen LogP) is 5.33. The molecule has 5 heterocycles. The number of rotatable bonds is 4. The van der Waals surface area contributed by atoms with Crippen LogP contribution in [-0.4, -0.2) is 24.4 Å². The molecule has 0 atom stereocenters. The Morgan fingerprint density at radius 1 is 0.972 bits per heavy atom.